The summed E-state index contributed by atoms with van der Waals surface area (Å²) in [5, 5.41) is 11.9. The molecule has 0 aliphatic heterocycles. The molecule has 0 aliphatic carbocycles. The summed E-state index contributed by atoms with van der Waals surface area (Å²) in [6.45, 7) is 1.66. The van der Waals surface area contributed by atoms with Crippen LogP contribution in [0.3, 0.4) is 0 Å². The maximum atomic E-state index is 13.7. The second-order valence-corrected chi connectivity index (χ2v) is 6.48. The van der Waals surface area contributed by atoms with Gasteiger partial charge in [0.15, 0.2) is 0 Å². The third kappa shape index (κ3) is 5.06. The molecule has 1 amide bonds. The summed E-state index contributed by atoms with van der Waals surface area (Å²) in [7, 11) is 0. The van der Waals surface area contributed by atoms with Crippen LogP contribution in [-0.2, 0) is 16.0 Å². The van der Waals surface area contributed by atoms with Gasteiger partial charge in [-0.2, -0.15) is 0 Å². The van der Waals surface area contributed by atoms with Crippen LogP contribution in [0, 0.1) is 5.82 Å². The zero-order valence-electron chi connectivity index (χ0n) is 13.0. The van der Waals surface area contributed by atoms with Gasteiger partial charge >= 0.3 is 5.97 Å². The third-order valence-electron chi connectivity index (χ3n) is 3.30. The van der Waals surface area contributed by atoms with Crippen molar-refractivity contribution in [3.8, 4) is 0 Å². The minimum atomic E-state index is -1.21. The molecule has 0 saturated carbocycles. The first kappa shape index (κ1) is 17.9. The minimum absolute atomic E-state index is 0.116. The molecule has 7 heteroatoms. The van der Waals surface area contributed by atoms with Gasteiger partial charge in [-0.05, 0) is 30.7 Å². The molecular formula is C17H17FN2O3S. The average Bonchev–Trinajstić information content (AvgIpc) is 2.56. The quantitative estimate of drug-likeness (QED) is 0.752. The Kier molecular flexibility index (Phi) is 6.31. The van der Waals surface area contributed by atoms with Gasteiger partial charge in [-0.3, -0.25) is 4.79 Å². The van der Waals surface area contributed by atoms with Gasteiger partial charge in [-0.25, -0.2) is 14.2 Å². The van der Waals surface area contributed by atoms with Crippen LogP contribution in [0.15, 0.2) is 53.7 Å². The maximum absolute atomic E-state index is 13.7. The number of amides is 1. The van der Waals surface area contributed by atoms with Crippen LogP contribution in [0.1, 0.15) is 12.5 Å². The van der Waals surface area contributed by atoms with Crippen LogP contribution >= 0.6 is 11.8 Å². The van der Waals surface area contributed by atoms with Crippen molar-refractivity contribution in [1.29, 1.82) is 0 Å². The van der Waals surface area contributed by atoms with E-state index in [0.29, 0.717) is 5.03 Å². The fourth-order valence-corrected chi connectivity index (χ4v) is 2.84. The first-order valence-electron chi connectivity index (χ1n) is 7.31. The number of carboxylic acids is 1. The molecule has 0 spiro atoms. The molecule has 2 atom stereocenters. The Bertz CT molecular complexity index is 712. The lowest BCUT2D eigenvalue weighted by molar-refractivity contribution is -0.141. The van der Waals surface area contributed by atoms with Crippen molar-refractivity contribution < 1.29 is 19.1 Å². The highest BCUT2D eigenvalue weighted by molar-refractivity contribution is 8.00. The second-order valence-electron chi connectivity index (χ2n) is 5.12. The number of benzene rings is 1. The minimum Gasteiger partial charge on any atom is -0.480 e. The van der Waals surface area contributed by atoms with E-state index in [9.17, 15) is 19.1 Å². The van der Waals surface area contributed by atoms with Crippen molar-refractivity contribution in [3.63, 3.8) is 0 Å². The number of thioether (sulfide) groups is 1. The van der Waals surface area contributed by atoms with Gasteiger partial charge in [0.2, 0.25) is 5.91 Å². The fourth-order valence-electron chi connectivity index (χ4n) is 2.02. The van der Waals surface area contributed by atoms with Crippen LogP contribution in [0.25, 0.3) is 0 Å². The van der Waals surface area contributed by atoms with Gasteiger partial charge in [0, 0.05) is 12.6 Å². The number of halogens is 1. The highest BCUT2D eigenvalue weighted by atomic mass is 32.2. The largest absolute Gasteiger partial charge is 0.480 e. The number of hydrogen-bond donors (Lipinski definition) is 2. The normalized spacial score (nSPS) is 13.1. The summed E-state index contributed by atoms with van der Waals surface area (Å²) in [4.78, 5) is 27.7. The number of carbonyl (C=O) groups excluding carboxylic acids is 1. The van der Waals surface area contributed by atoms with Gasteiger partial charge in [0.25, 0.3) is 0 Å². The number of aromatic nitrogens is 1. The summed E-state index contributed by atoms with van der Waals surface area (Å²) < 4.78 is 13.7. The van der Waals surface area contributed by atoms with Gasteiger partial charge in [-0.15, -0.1) is 0 Å². The van der Waals surface area contributed by atoms with E-state index in [-0.39, 0.29) is 12.0 Å². The van der Waals surface area contributed by atoms with Gasteiger partial charge in [0.05, 0.1) is 10.3 Å². The Morgan fingerprint density at radius 2 is 1.96 bits per heavy atom. The van der Waals surface area contributed by atoms with Crippen LogP contribution in [0.4, 0.5) is 4.39 Å². The SMILES string of the molecule is CC(Sc1ccccn1)C(=O)NC(Cc1ccccc1F)C(=O)O. The smallest absolute Gasteiger partial charge is 0.326 e. The van der Waals surface area contributed by atoms with Crippen LogP contribution in [-0.4, -0.2) is 33.3 Å². The zero-order valence-corrected chi connectivity index (χ0v) is 13.8. The van der Waals surface area contributed by atoms with E-state index in [1.807, 2.05) is 0 Å². The highest BCUT2D eigenvalue weighted by Gasteiger charge is 2.24. The monoisotopic (exact) mass is 348 g/mol. The Morgan fingerprint density at radius 3 is 2.58 bits per heavy atom. The molecule has 126 valence electrons. The average molecular weight is 348 g/mol. The summed E-state index contributed by atoms with van der Waals surface area (Å²) in [6, 6.07) is 10.1. The van der Waals surface area contributed by atoms with E-state index in [4.69, 9.17) is 0 Å². The summed E-state index contributed by atoms with van der Waals surface area (Å²) in [5.74, 6) is -2.13. The molecule has 2 aromatic rings. The third-order valence-corrected chi connectivity index (χ3v) is 4.35. The molecule has 0 bridgehead atoms. The van der Waals surface area contributed by atoms with Crippen LogP contribution in [0.2, 0.25) is 0 Å². The predicted molar refractivity (Wildman–Crippen MR) is 89.2 cm³/mol. The van der Waals surface area contributed by atoms with Crippen molar-refractivity contribution >= 4 is 23.6 Å². The van der Waals surface area contributed by atoms with E-state index in [1.54, 1.807) is 37.4 Å². The maximum Gasteiger partial charge on any atom is 0.326 e. The molecule has 2 N–H and O–H groups in total. The van der Waals surface area contributed by atoms with E-state index in [0.717, 1.165) is 0 Å². The highest BCUT2D eigenvalue weighted by Crippen LogP contribution is 2.20. The molecule has 1 aromatic carbocycles. The zero-order chi connectivity index (χ0) is 17.5. The molecule has 0 fully saturated rings. The molecule has 24 heavy (non-hydrogen) atoms. The number of nitrogens with one attached hydrogen (secondary N) is 1. The molecule has 2 rings (SSSR count). The predicted octanol–water partition coefficient (Wildman–Crippen LogP) is 2.51. The number of aliphatic carboxylic acids is 1. The Balaban J connectivity index is 2.00. The van der Waals surface area contributed by atoms with Crippen molar-refractivity contribution in [1.82, 2.24) is 10.3 Å². The molecule has 1 aromatic heterocycles. The number of rotatable bonds is 7. The van der Waals surface area contributed by atoms with Crippen molar-refractivity contribution in [2.45, 2.75) is 29.7 Å². The van der Waals surface area contributed by atoms with E-state index in [2.05, 4.69) is 10.3 Å². The number of hydrogen-bond acceptors (Lipinski definition) is 4. The first-order valence-corrected chi connectivity index (χ1v) is 8.19. The van der Waals surface area contributed by atoms with Crippen LogP contribution < -0.4 is 5.32 Å². The first-order chi connectivity index (χ1) is 11.5. The molecule has 2 unspecified atom stereocenters. The Labute approximate surface area is 143 Å². The number of pyridine rings is 1. The number of carboxylic acid groups (broad SMARTS) is 1. The van der Waals surface area contributed by atoms with Gasteiger partial charge in [0.1, 0.15) is 11.9 Å². The molecule has 0 saturated heterocycles. The fraction of sp³-hybridized carbons (Fsp3) is 0.235. The molecule has 1 heterocycles. The van der Waals surface area contributed by atoms with Crippen LogP contribution in [0.5, 0.6) is 0 Å². The van der Waals surface area contributed by atoms with E-state index >= 15 is 0 Å². The van der Waals surface area contributed by atoms with E-state index in [1.165, 1.54) is 30.0 Å². The Hall–Kier alpha value is -2.41. The van der Waals surface area contributed by atoms with E-state index < -0.39 is 29.0 Å². The van der Waals surface area contributed by atoms with Crippen molar-refractivity contribution in [2.24, 2.45) is 0 Å². The lowest BCUT2D eigenvalue weighted by Crippen LogP contribution is -2.45. The Morgan fingerprint density at radius 1 is 1.25 bits per heavy atom. The number of nitrogens with zero attached hydrogens (tertiary/aromatic N) is 1. The number of carbonyl (C=O) groups is 2. The summed E-state index contributed by atoms with van der Waals surface area (Å²) in [6.07, 6.45) is 1.50. The van der Waals surface area contributed by atoms with Gasteiger partial charge < -0.3 is 10.4 Å². The topological polar surface area (TPSA) is 79.3 Å². The second kappa shape index (κ2) is 8.44. The van der Waals surface area contributed by atoms with Crippen molar-refractivity contribution in [2.75, 3.05) is 0 Å². The van der Waals surface area contributed by atoms with Crippen molar-refractivity contribution in [3.05, 3.63) is 60.0 Å². The lowest BCUT2D eigenvalue weighted by Gasteiger charge is -2.18. The molecular weight excluding hydrogens is 331 g/mol. The molecule has 0 aliphatic rings. The molecule has 5 nitrogen and oxygen atoms in total. The summed E-state index contributed by atoms with van der Waals surface area (Å²) in [5.41, 5.74) is 0.246. The molecule has 0 radical (unpaired) electrons. The summed E-state index contributed by atoms with van der Waals surface area (Å²) >= 11 is 1.22. The standard InChI is InChI=1S/C17H17FN2O3S/c1-11(24-15-8-4-5-9-19-15)16(21)20-14(17(22)23)10-12-6-2-3-7-13(12)18/h2-9,11,14H,10H2,1H3,(H,20,21)(H,22,23). The lowest BCUT2D eigenvalue weighted by atomic mass is 10.1. The van der Waals surface area contributed by atoms with Gasteiger partial charge in [-0.1, -0.05) is 36.0 Å².